The monoisotopic (exact) mass is 276 g/mol. The van der Waals surface area contributed by atoms with Crippen molar-refractivity contribution in [3.8, 4) is 11.1 Å². The van der Waals surface area contributed by atoms with E-state index in [0.29, 0.717) is 0 Å². The van der Waals surface area contributed by atoms with Gasteiger partial charge < -0.3 is 9.03 Å². The van der Waals surface area contributed by atoms with Crippen LogP contribution in [-0.2, 0) is 15.4 Å². The lowest BCUT2D eigenvalue weighted by Crippen LogP contribution is -1.93. The second-order valence-corrected chi connectivity index (χ2v) is 4.18. The van der Waals surface area contributed by atoms with Crippen LogP contribution in [-0.4, -0.2) is 13.3 Å². The number of fused-ring (bicyclic) bond motifs is 3. The minimum atomic E-state index is -0.892. The van der Waals surface area contributed by atoms with Gasteiger partial charge in [0.2, 0.25) is 0 Å². The van der Waals surface area contributed by atoms with Gasteiger partial charge in [-0.3, -0.25) is 0 Å². The molecule has 3 rings (SSSR count). The first-order valence-electron chi connectivity index (χ1n) is 5.79. The molecule has 1 aliphatic rings. The Morgan fingerprint density at radius 1 is 1.00 bits per heavy atom. The van der Waals surface area contributed by atoms with Gasteiger partial charge in [0.05, 0.1) is 7.11 Å². The second-order valence-electron chi connectivity index (χ2n) is 4.02. The van der Waals surface area contributed by atoms with E-state index in [4.69, 9.17) is 0 Å². The Morgan fingerprint density at radius 3 is 1.84 bits per heavy atom. The number of halogens is 1. The van der Waals surface area contributed by atoms with Crippen LogP contribution in [0, 0.1) is 0 Å². The van der Waals surface area contributed by atoms with E-state index in [9.17, 15) is 4.79 Å². The summed E-state index contributed by atoms with van der Waals surface area (Å²) in [6.45, 7) is 0. The van der Waals surface area contributed by atoms with Gasteiger partial charge in [0, 0.05) is 0 Å². The maximum Gasteiger partial charge on any atom is 0.526 e. The molecule has 1 aliphatic carbocycles. The van der Waals surface area contributed by atoms with Gasteiger partial charge in [0.1, 0.15) is 11.9 Å². The fraction of sp³-hybridized carbons (Fsp3) is 0.133. The zero-order valence-corrected chi connectivity index (χ0v) is 11.2. The number of carbonyl (C=O) groups is 1. The molecule has 0 saturated heterocycles. The lowest BCUT2D eigenvalue weighted by atomic mass is 10.1. The second kappa shape index (κ2) is 6.25. The Hall–Kier alpha value is -2.00. The van der Waals surface area contributed by atoms with E-state index >= 15 is 0 Å². The minimum absolute atomic E-state index is 0.892. The van der Waals surface area contributed by atoms with Crippen molar-refractivity contribution in [2.24, 2.45) is 0 Å². The molecule has 0 heterocycles. The molecule has 0 spiro atoms. The summed E-state index contributed by atoms with van der Waals surface area (Å²) < 4.78 is 7.42. The molecule has 0 radical (unpaired) electrons. The molecule has 98 valence electrons. The van der Waals surface area contributed by atoms with E-state index in [2.05, 4.69) is 69.4 Å². The molecular weight excluding hydrogens is 264 g/mol. The fourth-order valence-electron chi connectivity index (χ4n) is 2.11. The van der Waals surface area contributed by atoms with Crippen LogP contribution in [0.4, 0.5) is 4.79 Å². The number of benzene rings is 2. The summed E-state index contributed by atoms with van der Waals surface area (Å²) in [5.41, 5.74) is 5.75. The summed E-state index contributed by atoms with van der Waals surface area (Å²) in [4.78, 5) is 9.60. The van der Waals surface area contributed by atoms with Crippen LogP contribution in [0.15, 0.2) is 48.5 Å². The molecule has 0 amide bonds. The smallest absolute Gasteiger partial charge is 0.437 e. The number of hydrogen-bond donors (Lipinski definition) is 0. The lowest BCUT2D eigenvalue weighted by Gasteiger charge is -1.98. The minimum Gasteiger partial charge on any atom is -0.437 e. The number of methoxy groups -OCH3 is 1. The summed E-state index contributed by atoms with van der Waals surface area (Å²) >= 11 is 4.48. The van der Waals surface area contributed by atoms with Gasteiger partial charge >= 0.3 is 6.16 Å². The van der Waals surface area contributed by atoms with E-state index < -0.39 is 6.16 Å². The summed E-state index contributed by atoms with van der Waals surface area (Å²) in [5, 5.41) is 0. The van der Waals surface area contributed by atoms with Gasteiger partial charge in [-0.25, -0.2) is 4.79 Å². The Morgan fingerprint density at radius 2 is 1.47 bits per heavy atom. The molecule has 0 bridgehead atoms. The first kappa shape index (κ1) is 13.4. The van der Waals surface area contributed by atoms with Crippen molar-refractivity contribution in [2.75, 3.05) is 7.11 Å². The molecule has 0 N–H and O–H groups in total. The van der Waals surface area contributed by atoms with Gasteiger partial charge in [0.25, 0.3) is 0 Å². The van der Waals surface area contributed by atoms with Crippen molar-refractivity contribution >= 4 is 18.0 Å². The van der Waals surface area contributed by atoms with E-state index in [1.54, 1.807) is 0 Å². The Labute approximate surface area is 116 Å². The fourth-order valence-corrected chi connectivity index (χ4v) is 2.17. The third kappa shape index (κ3) is 3.06. The largest absolute Gasteiger partial charge is 0.526 e. The highest BCUT2D eigenvalue weighted by Crippen LogP contribution is 2.35. The molecule has 2 aromatic carbocycles. The van der Waals surface area contributed by atoms with E-state index in [1.165, 1.54) is 29.4 Å². The number of ether oxygens (including phenoxy) is 1. The zero-order chi connectivity index (χ0) is 13.7. The van der Waals surface area contributed by atoms with Crippen LogP contribution < -0.4 is 0 Å². The van der Waals surface area contributed by atoms with Crippen molar-refractivity contribution in [3.05, 3.63) is 59.7 Å². The number of carbonyl (C=O) groups excluding carboxylic acids is 1. The quantitative estimate of drug-likeness (QED) is 0.578. The highest BCUT2D eigenvalue weighted by molar-refractivity contribution is 6.12. The van der Waals surface area contributed by atoms with Crippen LogP contribution in [0.5, 0.6) is 0 Å². The molecule has 0 atom stereocenters. The Balaban J connectivity index is 0.000000192. The van der Waals surface area contributed by atoms with Crippen LogP contribution in [0.25, 0.3) is 11.1 Å². The predicted octanol–water partition coefficient (Wildman–Crippen LogP) is 4.18. The molecule has 0 saturated carbocycles. The van der Waals surface area contributed by atoms with Crippen molar-refractivity contribution in [1.82, 2.24) is 0 Å². The van der Waals surface area contributed by atoms with Gasteiger partial charge in [0.15, 0.2) is 0 Å². The molecule has 0 fully saturated rings. The third-order valence-electron chi connectivity index (χ3n) is 2.94. The first-order valence-corrected chi connectivity index (χ1v) is 6.10. The SMILES string of the molecule is COC(=O)OCl.c1ccc2c(c1)Cc1ccccc1-2. The third-order valence-corrected chi connectivity index (χ3v) is 3.06. The molecular formula is C15H13ClO3. The molecule has 19 heavy (non-hydrogen) atoms. The number of hydrogen-bond acceptors (Lipinski definition) is 3. The normalized spacial score (nSPS) is 10.6. The molecule has 4 heteroatoms. The molecule has 0 aromatic heterocycles. The maximum atomic E-state index is 9.60. The zero-order valence-electron chi connectivity index (χ0n) is 10.4. The highest BCUT2D eigenvalue weighted by Gasteiger charge is 2.15. The average Bonchev–Trinajstić information content (AvgIpc) is 2.85. The summed E-state index contributed by atoms with van der Waals surface area (Å²) in [7, 11) is 1.17. The van der Waals surface area contributed by atoms with E-state index in [1.807, 2.05) is 0 Å². The van der Waals surface area contributed by atoms with Crippen molar-refractivity contribution in [3.63, 3.8) is 0 Å². The van der Waals surface area contributed by atoms with Crippen LogP contribution >= 0.6 is 11.9 Å². The lowest BCUT2D eigenvalue weighted by molar-refractivity contribution is 0.125. The summed E-state index contributed by atoms with van der Waals surface area (Å²) in [5.74, 6) is 0. The van der Waals surface area contributed by atoms with Gasteiger partial charge in [-0.2, -0.15) is 0 Å². The average molecular weight is 277 g/mol. The maximum absolute atomic E-state index is 9.60. The van der Waals surface area contributed by atoms with Crippen molar-refractivity contribution in [2.45, 2.75) is 6.42 Å². The Kier molecular flexibility index (Phi) is 4.42. The molecule has 3 nitrogen and oxygen atoms in total. The summed E-state index contributed by atoms with van der Waals surface area (Å²) in [6, 6.07) is 17.3. The Bertz CT molecular complexity index is 532. The van der Waals surface area contributed by atoms with Gasteiger partial charge in [-0.05, 0) is 28.7 Å². The highest BCUT2D eigenvalue weighted by atomic mass is 35.5. The molecule has 0 aliphatic heterocycles. The molecule has 0 unspecified atom stereocenters. The van der Waals surface area contributed by atoms with Crippen LogP contribution in [0.2, 0.25) is 0 Å². The topological polar surface area (TPSA) is 35.5 Å². The summed E-state index contributed by atoms with van der Waals surface area (Å²) in [6.07, 6.45) is 0.212. The van der Waals surface area contributed by atoms with Crippen molar-refractivity contribution < 1.29 is 13.8 Å². The van der Waals surface area contributed by atoms with Gasteiger partial charge in [-0.1, -0.05) is 48.5 Å². The van der Waals surface area contributed by atoms with Crippen molar-refractivity contribution in [1.29, 1.82) is 0 Å². The standard InChI is InChI=1S/C13H10.C2H3ClO3/c1-3-7-12-10(5-1)9-11-6-2-4-8-13(11)12;1-5-2(4)6-3/h1-8H,9H2;1H3. The van der Waals surface area contributed by atoms with E-state index in [-0.39, 0.29) is 0 Å². The molecule has 2 aromatic rings. The van der Waals surface area contributed by atoms with Crippen LogP contribution in [0.3, 0.4) is 0 Å². The van der Waals surface area contributed by atoms with Gasteiger partial charge in [-0.15, -0.1) is 0 Å². The van der Waals surface area contributed by atoms with E-state index in [0.717, 1.165) is 6.42 Å². The predicted molar refractivity (Wildman–Crippen MR) is 74.0 cm³/mol. The van der Waals surface area contributed by atoms with Crippen LogP contribution in [0.1, 0.15) is 11.1 Å². The number of rotatable bonds is 0. The first-order chi connectivity index (χ1) is 9.26.